The second kappa shape index (κ2) is 6.63. The highest BCUT2D eigenvalue weighted by atomic mass is 35.5. The van der Waals surface area contributed by atoms with Gasteiger partial charge in [-0.2, -0.15) is 0 Å². The van der Waals surface area contributed by atoms with E-state index < -0.39 is 0 Å². The van der Waals surface area contributed by atoms with Crippen molar-refractivity contribution in [1.29, 1.82) is 0 Å². The molecule has 0 saturated heterocycles. The van der Waals surface area contributed by atoms with Crippen molar-refractivity contribution in [1.82, 2.24) is 9.55 Å². The van der Waals surface area contributed by atoms with Crippen molar-refractivity contribution in [3.8, 4) is 5.75 Å². The molecule has 4 heteroatoms. The Kier molecular flexibility index (Phi) is 4.58. The molecule has 3 nitrogen and oxygen atoms in total. The predicted octanol–water partition coefficient (Wildman–Crippen LogP) is 5.30. The van der Waals surface area contributed by atoms with Gasteiger partial charge in [-0.25, -0.2) is 4.98 Å². The van der Waals surface area contributed by atoms with E-state index in [0.29, 0.717) is 11.6 Å². The van der Waals surface area contributed by atoms with Crippen LogP contribution in [0.3, 0.4) is 0 Å². The van der Waals surface area contributed by atoms with Gasteiger partial charge in [-0.1, -0.05) is 36.2 Å². The number of ether oxygens (including phenoxy) is 1. The average Bonchev–Trinajstić information content (AvgIpc) is 2.84. The number of halogens is 1. The summed E-state index contributed by atoms with van der Waals surface area (Å²) in [6.07, 6.45) is 1.05. The van der Waals surface area contributed by atoms with Crippen molar-refractivity contribution < 1.29 is 4.74 Å². The van der Waals surface area contributed by atoms with E-state index in [1.165, 1.54) is 5.56 Å². The number of benzene rings is 2. The molecule has 1 heterocycles. The number of hydrogen-bond donors (Lipinski definition) is 0. The van der Waals surface area contributed by atoms with Gasteiger partial charge in [-0.15, -0.1) is 0 Å². The van der Waals surface area contributed by atoms with Crippen molar-refractivity contribution in [3.05, 3.63) is 58.4 Å². The summed E-state index contributed by atoms with van der Waals surface area (Å²) in [5.74, 6) is 1.84. The topological polar surface area (TPSA) is 27.1 Å². The number of hydrogen-bond acceptors (Lipinski definition) is 2. The minimum absolute atomic E-state index is 0.455. The number of nitrogens with zero attached hydrogens (tertiary/aromatic N) is 2. The van der Waals surface area contributed by atoms with Crippen LogP contribution in [0.4, 0.5) is 0 Å². The molecule has 120 valence electrons. The van der Waals surface area contributed by atoms with E-state index in [2.05, 4.69) is 37.5 Å². The fourth-order valence-electron chi connectivity index (χ4n) is 2.84. The maximum Gasteiger partial charge on any atom is 0.147 e. The molecule has 0 unspecified atom stereocenters. The summed E-state index contributed by atoms with van der Waals surface area (Å²) in [4.78, 5) is 4.71. The number of rotatable bonds is 5. The molecule has 3 rings (SSSR count). The average molecular weight is 329 g/mol. The standard InChI is InChI=1S/C19H21ClN2O/c1-4-9-22-17-7-6-15(20)11-16(17)21-19(22)12-23-18-8-5-13(2)10-14(18)3/h5-8,10-11H,4,9,12H2,1-3H3. The fourth-order valence-corrected chi connectivity index (χ4v) is 3.01. The van der Waals surface area contributed by atoms with Crippen LogP contribution in [0.5, 0.6) is 5.75 Å². The molecule has 0 atom stereocenters. The van der Waals surface area contributed by atoms with Gasteiger partial charge >= 0.3 is 0 Å². The van der Waals surface area contributed by atoms with Gasteiger partial charge in [-0.3, -0.25) is 0 Å². The monoisotopic (exact) mass is 328 g/mol. The van der Waals surface area contributed by atoms with E-state index in [4.69, 9.17) is 21.3 Å². The third-order valence-corrected chi connectivity index (χ3v) is 4.16. The van der Waals surface area contributed by atoms with Crippen molar-refractivity contribution in [2.75, 3.05) is 0 Å². The summed E-state index contributed by atoms with van der Waals surface area (Å²) in [6.45, 7) is 7.69. The highest BCUT2D eigenvalue weighted by Crippen LogP contribution is 2.23. The molecule has 0 saturated carbocycles. The summed E-state index contributed by atoms with van der Waals surface area (Å²) in [7, 11) is 0. The zero-order valence-electron chi connectivity index (χ0n) is 13.8. The number of aromatic nitrogens is 2. The molecular formula is C19H21ClN2O. The fraction of sp³-hybridized carbons (Fsp3) is 0.316. The van der Waals surface area contributed by atoms with Crippen LogP contribution in [0.2, 0.25) is 5.02 Å². The van der Waals surface area contributed by atoms with E-state index in [1.807, 2.05) is 24.3 Å². The van der Waals surface area contributed by atoms with Crippen LogP contribution in [-0.2, 0) is 13.2 Å². The van der Waals surface area contributed by atoms with E-state index in [0.717, 1.165) is 41.1 Å². The van der Waals surface area contributed by atoms with E-state index in [1.54, 1.807) is 0 Å². The first-order valence-corrected chi connectivity index (χ1v) is 8.31. The van der Waals surface area contributed by atoms with Gasteiger partial charge in [0.05, 0.1) is 11.0 Å². The molecular weight excluding hydrogens is 308 g/mol. The van der Waals surface area contributed by atoms with Crippen LogP contribution >= 0.6 is 11.6 Å². The smallest absolute Gasteiger partial charge is 0.147 e. The summed E-state index contributed by atoms with van der Waals surface area (Å²) in [5.41, 5.74) is 4.41. The second-order valence-electron chi connectivity index (χ2n) is 5.87. The zero-order chi connectivity index (χ0) is 16.4. The lowest BCUT2D eigenvalue weighted by molar-refractivity contribution is 0.288. The van der Waals surface area contributed by atoms with Gasteiger partial charge in [0.25, 0.3) is 0 Å². The lowest BCUT2D eigenvalue weighted by atomic mass is 10.1. The maximum absolute atomic E-state index is 6.09. The van der Waals surface area contributed by atoms with Gasteiger partial charge in [0, 0.05) is 11.6 Å². The lowest BCUT2D eigenvalue weighted by Gasteiger charge is -2.11. The Hall–Kier alpha value is -2.00. The third kappa shape index (κ3) is 3.35. The van der Waals surface area contributed by atoms with Gasteiger partial charge in [-0.05, 0) is 50.1 Å². The van der Waals surface area contributed by atoms with Crippen molar-refractivity contribution >= 4 is 22.6 Å². The minimum Gasteiger partial charge on any atom is -0.485 e. The van der Waals surface area contributed by atoms with Gasteiger partial charge < -0.3 is 9.30 Å². The molecule has 3 aromatic rings. The molecule has 0 spiro atoms. The molecule has 0 aliphatic rings. The van der Waals surface area contributed by atoms with Crippen LogP contribution in [0.1, 0.15) is 30.3 Å². The quantitative estimate of drug-likeness (QED) is 0.635. The molecule has 0 N–H and O–H groups in total. The summed E-state index contributed by atoms with van der Waals surface area (Å²) in [5, 5.41) is 0.709. The number of imidazole rings is 1. The first-order valence-electron chi connectivity index (χ1n) is 7.93. The van der Waals surface area contributed by atoms with Gasteiger partial charge in [0.2, 0.25) is 0 Å². The highest BCUT2D eigenvalue weighted by molar-refractivity contribution is 6.31. The zero-order valence-corrected chi connectivity index (χ0v) is 14.5. The highest BCUT2D eigenvalue weighted by Gasteiger charge is 2.12. The molecule has 0 fully saturated rings. The van der Waals surface area contributed by atoms with Crippen LogP contribution in [-0.4, -0.2) is 9.55 Å². The molecule has 23 heavy (non-hydrogen) atoms. The Morgan fingerprint density at radius 2 is 1.96 bits per heavy atom. The van der Waals surface area contributed by atoms with Crippen molar-refractivity contribution in [2.24, 2.45) is 0 Å². The first-order chi connectivity index (χ1) is 11.1. The van der Waals surface area contributed by atoms with E-state index in [9.17, 15) is 0 Å². The van der Waals surface area contributed by atoms with E-state index in [-0.39, 0.29) is 0 Å². The van der Waals surface area contributed by atoms with Crippen molar-refractivity contribution in [2.45, 2.75) is 40.3 Å². The Morgan fingerprint density at radius 3 is 2.70 bits per heavy atom. The Balaban J connectivity index is 1.90. The number of aryl methyl sites for hydroxylation is 3. The van der Waals surface area contributed by atoms with Crippen LogP contribution in [0.25, 0.3) is 11.0 Å². The molecule has 2 aromatic carbocycles. The molecule has 0 amide bonds. The minimum atomic E-state index is 0.455. The molecule has 0 aliphatic heterocycles. The summed E-state index contributed by atoms with van der Waals surface area (Å²) in [6, 6.07) is 12.1. The molecule has 1 aromatic heterocycles. The van der Waals surface area contributed by atoms with Gasteiger partial charge in [0.15, 0.2) is 0 Å². The van der Waals surface area contributed by atoms with Gasteiger partial charge in [0.1, 0.15) is 18.2 Å². The van der Waals surface area contributed by atoms with Crippen LogP contribution in [0.15, 0.2) is 36.4 Å². The predicted molar refractivity (Wildman–Crippen MR) is 95.3 cm³/mol. The molecule has 0 radical (unpaired) electrons. The SMILES string of the molecule is CCCn1c(COc2ccc(C)cc2C)nc2cc(Cl)ccc21. The Morgan fingerprint density at radius 1 is 1.13 bits per heavy atom. The first kappa shape index (κ1) is 15.9. The number of fused-ring (bicyclic) bond motifs is 1. The largest absolute Gasteiger partial charge is 0.485 e. The lowest BCUT2D eigenvalue weighted by Crippen LogP contribution is -2.07. The molecule has 0 aliphatic carbocycles. The van der Waals surface area contributed by atoms with Crippen LogP contribution in [0, 0.1) is 13.8 Å². The third-order valence-electron chi connectivity index (χ3n) is 3.92. The normalized spacial score (nSPS) is 11.1. The molecule has 0 bridgehead atoms. The Bertz CT molecular complexity index is 839. The second-order valence-corrected chi connectivity index (χ2v) is 6.31. The van der Waals surface area contributed by atoms with Crippen LogP contribution < -0.4 is 4.74 Å². The van der Waals surface area contributed by atoms with E-state index >= 15 is 0 Å². The summed E-state index contributed by atoms with van der Waals surface area (Å²) < 4.78 is 8.23. The Labute approximate surface area is 141 Å². The maximum atomic E-state index is 6.09. The van der Waals surface area contributed by atoms with Crippen molar-refractivity contribution in [3.63, 3.8) is 0 Å². The summed E-state index contributed by atoms with van der Waals surface area (Å²) >= 11 is 6.09.